The maximum atomic E-state index is 11.3. The fourth-order valence-corrected chi connectivity index (χ4v) is 1.07. The second kappa shape index (κ2) is 8.60. The Morgan fingerprint density at radius 3 is 2.31 bits per heavy atom. The number of rotatable bonds is 8. The van der Waals surface area contributed by atoms with Crippen LogP contribution in [0.3, 0.4) is 0 Å². The predicted molar refractivity (Wildman–Crippen MR) is 59.3 cm³/mol. The third-order valence-corrected chi connectivity index (χ3v) is 1.91. The average molecular weight is 227 g/mol. The molecule has 0 heterocycles. The highest BCUT2D eigenvalue weighted by Crippen LogP contribution is 1.90. The molecule has 90 valence electrons. The molecule has 0 saturated heterocycles. The lowest BCUT2D eigenvalue weighted by Crippen LogP contribution is -2.38. The summed E-state index contributed by atoms with van der Waals surface area (Å²) in [4.78, 5) is 34.9. The zero-order chi connectivity index (χ0) is 12.4. The average Bonchev–Trinajstić information content (AvgIpc) is 2.28. The van der Waals surface area contributed by atoms with Gasteiger partial charge in [0.1, 0.15) is 0 Å². The molecule has 0 atom stereocenters. The van der Waals surface area contributed by atoms with E-state index < -0.39 is 5.91 Å². The summed E-state index contributed by atoms with van der Waals surface area (Å²) in [5.74, 6) is -0.393. The molecular weight excluding hydrogens is 210 g/mol. The molecule has 0 fully saturated rings. The first-order chi connectivity index (χ1) is 7.69. The van der Waals surface area contributed by atoms with Crippen LogP contribution >= 0.6 is 0 Å². The van der Waals surface area contributed by atoms with Crippen molar-refractivity contribution < 1.29 is 14.4 Å². The minimum Gasteiger partial charge on any atom is -0.342 e. The van der Waals surface area contributed by atoms with Gasteiger partial charge in [0.25, 0.3) is 5.91 Å². The van der Waals surface area contributed by atoms with Crippen molar-refractivity contribution in [1.82, 2.24) is 9.80 Å². The van der Waals surface area contributed by atoms with Crippen LogP contribution in [0, 0.1) is 0 Å². The van der Waals surface area contributed by atoms with Crippen molar-refractivity contribution in [3.05, 3.63) is 12.2 Å². The van der Waals surface area contributed by atoms with Crippen LogP contribution in [0.2, 0.25) is 0 Å². The van der Waals surface area contributed by atoms with Gasteiger partial charge in [-0.2, -0.15) is 0 Å². The van der Waals surface area contributed by atoms with Gasteiger partial charge in [-0.3, -0.25) is 19.3 Å². The molecule has 0 aliphatic carbocycles. The van der Waals surface area contributed by atoms with Crippen LogP contribution in [-0.2, 0) is 14.4 Å². The summed E-state index contributed by atoms with van der Waals surface area (Å²) in [5, 5.41) is 0. The lowest BCUT2D eigenvalue weighted by atomic mass is 10.4. The van der Waals surface area contributed by atoms with E-state index >= 15 is 0 Å². The molecular formula is C10H17N3O3. The molecule has 0 saturated carbocycles. The summed E-state index contributed by atoms with van der Waals surface area (Å²) in [6, 6.07) is 0. The summed E-state index contributed by atoms with van der Waals surface area (Å²) in [6.07, 6.45) is 3.95. The van der Waals surface area contributed by atoms with E-state index in [0.717, 1.165) is 4.90 Å². The van der Waals surface area contributed by atoms with Crippen molar-refractivity contribution >= 4 is 18.7 Å². The minimum atomic E-state index is -0.393. The Bertz CT molecular complexity index is 266. The minimum absolute atomic E-state index is 0.172. The normalized spacial score (nSPS) is 10.1. The van der Waals surface area contributed by atoms with Crippen molar-refractivity contribution in [1.29, 1.82) is 0 Å². The first-order valence-electron chi connectivity index (χ1n) is 4.97. The number of amides is 3. The molecule has 0 aromatic carbocycles. The van der Waals surface area contributed by atoms with Crippen LogP contribution in [0.4, 0.5) is 0 Å². The van der Waals surface area contributed by atoms with E-state index in [-0.39, 0.29) is 6.54 Å². The lowest BCUT2D eigenvalue weighted by molar-refractivity contribution is -0.135. The van der Waals surface area contributed by atoms with E-state index in [9.17, 15) is 14.4 Å². The van der Waals surface area contributed by atoms with E-state index in [0.29, 0.717) is 32.5 Å². The van der Waals surface area contributed by atoms with Gasteiger partial charge in [0.05, 0.1) is 0 Å². The number of nitrogens with zero attached hydrogens (tertiary/aromatic N) is 2. The molecule has 0 unspecified atom stereocenters. The van der Waals surface area contributed by atoms with Crippen LogP contribution in [0.5, 0.6) is 0 Å². The summed E-state index contributed by atoms with van der Waals surface area (Å²) in [5.41, 5.74) is 5.29. The standard InChI is InChI=1S/C10H17N3O3/c1-2-3-10(16)13(9-15)7-6-12(8-14)5-4-11/h2-3,8-9H,4-7,11H2,1H3/b3-2-. The van der Waals surface area contributed by atoms with E-state index in [4.69, 9.17) is 5.73 Å². The molecule has 0 aliphatic heterocycles. The van der Waals surface area contributed by atoms with Crippen molar-refractivity contribution in [2.24, 2.45) is 5.73 Å². The van der Waals surface area contributed by atoms with Gasteiger partial charge in [0, 0.05) is 26.2 Å². The number of carbonyl (C=O) groups is 3. The maximum Gasteiger partial charge on any atom is 0.252 e. The predicted octanol–water partition coefficient (Wildman–Crippen LogP) is -1.04. The van der Waals surface area contributed by atoms with Gasteiger partial charge in [0.2, 0.25) is 12.8 Å². The summed E-state index contributed by atoms with van der Waals surface area (Å²) in [7, 11) is 0. The fraction of sp³-hybridized carbons (Fsp3) is 0.500. The van der Waals surface area contributed by atoms with Crippen molar-refractivity contribution in [3.8, 4) is 0 Å². The van der Waals surface area contributed by atoms with Crippen LogP contribution < -0.4 is 5.73 Å². The third kappa shape index (κ3) is 5.26. The van der Waals surface area contributed by atoms with Crippen molar-refractivity contribution in [3.63, 3.8) is 0 Å². The van der Waals surface area contributed by atoms with E-state index in [1.54, 1.807) is 13.0 Å². The Hall–Kier alpha value is -1.69. The Balaban J connectivity index is 4.17. The third-order valence-electron chi connectivity index (χ3n) is 1.91. The van der Waals surface area contributed by atoms with Gasteiger partial charge in [-0.25, -0.2) is 0 Å². The van der Waals surface area contributed by atoms with Crippen LogP contribution in [0.1, 0.15) is 6.92 Å². The Labute approximate surface area is 94.7 Å². The summed E-state index contributed by atoms with van der Waals surface area (Å²) >= 11 is 0. The molecule has 0 aliphatic rings. The number of hydrogen-bond donors (Lipinski definition) is 1. The molecule has 0 radical (unpaired) electrons. The van der Waals surface area contributed by atoms with E-state index in [1.165, 1.54) is 11.0 Å². The van der Waals surface area contributed by atoms with Gasteiger partial charge in [0.15, 0.2) is 0 Å². The second-order valence-corrected chi connectivity index (χ2v) is 3.07. The number of allylic oxidation sites excluding steroid dienone is 1. The van der Waals surface area contributed by atoms with Crippen molar-refractivity contribution in [2.75, 3.05) is 26.2 Å². The van der Waals surface area contributed by atoms with Gasteiger partial charge in [-0.15, -0.1) is 0 Å². The van der Waals surface area contributed by atoms with Gasteiger partial charge in [-0.1, -0.05) is 6.08 Å². The molecule has 0 spiro atoms. The highest BCUT2D eigenvalue weighted by atomic mass is 16.2. The summed E-state index contributed by atoms with van der Waals surface area (Å²) in [6.45, 7) is 2.91. The fourth-order valence-electron chi connectivity index (χ4n) is 1.07. The summed E-state index contributed by atoms with van der Waals surface area (Å²) < 4.78 is 0. The van der Waals surface area contributed by atoms with Crippen LogP contribution in [0.25, 0.3) is 0 Å². The molecule has 2 N–H and O–H groups in total. The molecule has 0 aromatic heterocycles. The molecule has 0 aromatic rings. The first-order valence-corrected chi connectivity index (χ1v) is 4.97. The first kappa shape index (κ1) is 14.3. The maximum absolute atomic E-state index is 11.3. The molecule has 6 heteroatoms. The molecule has 6 nitrogen and oxygen atoms in total. The second-order valence-electron chi connectivity index (χ2n) is 3.07. The van der Waals surface area contributed by atoms with E-state index in [2.05, 4.69) is 0 Å². The number of nitrogens with two attached hydrogens (primary N) is 1. The van der Waals surface area contributed by atoms with Crippen LogP contribution in [0.15, 0.2) is 12.2 Å². The van der Waals surface area contributed by atoms with Gasteiger partial charge < -0.3 is 10.6 Å². The Morgan fingerprint density at radius 1 is 1.19 bits per heavy atom. The number of carbonyl (C=O) groups excluding carboxylic acids is 3. The van der Waals surface area contributed by atoms with Crippen LogP contribution in [-0.4, -0.2) is 54.7 Å². The lowest BCUT2D eigenvalue weighted by Gasteiger charge is -2.19. The molecule has 0 rings (SSSR count). The monoisotopic (exact) mass is 227 g/mol. The van der Waals surface area contributed by atoms with Gasteiger partial charge >= 0.3 is 0 Å². The number of imide groups is 1. The van der Waals surface area contributed by atoms with E-state index in [1.807, 2.05) is 0 Å². The molecule has 3 amide bonds. The smallest absolute Gasteiger partial charge is 0.252 e. The molecule has 16 heavy (non-hydrogen) atoms. The highest BCUT2D eigenvalue weighted by Gasteiger charge is 2.10. The quantitative estimate of drug-likeness (QED) is 0.424. The Kier molecular flexibility index (Phi) is 7.70. The van der Waals surface area contributed by atoms with Crippen molar-refractivity contribution in [2.45, 2.75) is 6.92 Å². The zero-order valence-electron chi connectivity index (χ0n) is 9.33. The van der Waals surface area contributed by atoms with Gasteiger partial charge in [-0.05, 0) is 13.0 Å². The topological polar surface area (TPSA) is 83.7 Å². The molecule has 0 bridgehead atoms. The SMILES string of the molecule is C/C=C\C(=O)N(C=O)CCN(C=O)CCN. The zero-order valence-corrected chi connectivity index (χ0v) is 9.33. The number of hydrogen-bond acceptors (Lipinski definition) is 4. The highest BCUT2D eigenvalue weighted by molar-refractivity contribution is 5.94. The Morgan fingerprint density at radius 2 is 1.88 bits per heavy atom. The largest absolute Gasteiger partial charge is 0.342 e.